The van der Waals surface area contributed by atoms with Gasteiger partial charge in [0.05, 0.1) is 23.7 Å². The highest BCUT2D eigenvalue weighted by atomic mass is 16.5. The summed E-state index contributed by atoms with van der Waals surface area (Å²) in [5.74, 6) is -1.54. The number of piperazine rings is 1. The van der Waals surface area contributed by atoms with Crippen LogP contribution in [0.4, 0.5) is 0 Å². The highest BCUT2D eigenvalue weighted by molar-refractivity contribution is 6.00. The molecule has 40 heavy (non-hydrogen) atoms. The third kappa shape index (κ3) is 6.14. The summed E-state index contributed by atoms with van der Waals surface area (Å²) in [6.45, 7) is 4.04. The number of fused-ring (bicyclic) bond motifs is 1. The summed E-state index contributed by atoms with van der Waals surface area (Å²) < 4.78 is 8.88. The number of aromatic nitrogens is 2. The zero-order valence-corrected chi connectivity index (χ0v) is 23.1. The van der Waals surface area contributed by atoms with Gasteiger partial charge in [0.25, 0.3) is 0 Å². The van der Waals surface area contributed by atoms with E-state index in [4.69, 9.17) is 10.5 Å². The van der Waals surface area contributed by atoms with Crippen molar-refractivity contribution in [3.63, 3.8) is 0 Å². The molecule has 2 aromatic rings. The molecule has 3 aliphatic rings. The fraction of sp³-hybridized carbons (Fsp3) is 0.643. The maximum atomic E-state index is 13.0. The number of rotatable bonds is 9. The molecule has 0 spiro atoms. The van der Waals surface area contributed by atoms with E-state index in [0.717, 1.165) is 56.3 Å². The van der Waals surface area contributed by atoms with E-state index >= 15 is 0 Å². The van der Waals surface area contributed by atoms with Gasteiger partial charge < -0.3 is 15.6 Å². The summed E-state index contributed by atoms with van der Waals surface area (Å²) in [7, 11) is 1.70. The minimum absolute atomic E-state index is 0.0472. The van der Waals surface area contributed by atoms with Crippen LogP contribution in [0.2, 0.25) is 0 Å². The van der Waals surface area contributed by atoms with E-state index < -0.39 is 24.0 Å². The normalized spacial score (nSPS) is 26.8. The molecular formula is C28H40N6O6. The van der Waals surface area contributed by atoms with E-state index in [1.165, 1.54) is 4.57 Å². The molecule has 3 fully saturated rings. The van der Waals surface area contributed by atoms with Crippen molar-refractivity contribution >= 4 is 28.8 Å². The van der Waals surface area contributed by atoms with Crippen LogP contribution in [-0.2, 0) is 32.6 Å². The van der Waals surface area contributed by atoms with Crippen LogP contribution in [0.15, 0.2) is 23.0 Å². The van der Waals surface area contributed by atoms with Gasteiger partial charge >= 0.3 is 11.7 Å². The lowest BCUT2D eigenvalue weighted by Crippen LogP contribution is -2.58. The van der Waals surface area contributed by atoms with Crippen LogP contribution in [0.1, 0.15) is 50.1 Å². The van der Waals surface area contributed by atoms with Crippen LogP contribution < -0.4 is 16.7 Å². The summed E-state index contributed by atoms with van der Waals surface area (Å²) in [6, 6.07) is 4.72. The fourth-order valence-corrected chi connectivity index (χ4v) is 6.22. The number of imidazole rings is 1. The molecule has 0 aliphatic carbocycles. The van der Waals surface area contributed by atoms with Crippen molar-refractivity contribution in [2.75, 3.05) is 39.3 Å². The van der Waals surface area contributed by atoms with Crippen molar-refractivity contribution in [1.29, 1.82) is 0 Å². The maximum Gasteiger partial charge on any atom is 0.329 e. The number of nitrogens with two attached hydrogens (primary N) is 1. The van der Waals surface area contributed by atoms with Crippen molar-refractivity contribution in [2.45, 2.75) is 69.2 Å². The molecule has 0 saturated carbocycles. The third-order valence-electron chi connectivity index (χ3n) is 8.57. The van der Waals surface area contributed by atoms with Gasteiger partial charge in [0.2, 0.25) is 11.8 Å². The van der Waals surface area contributed by atoms with Crippen LogP contribution in [-0.4, -0.2) is 99.3 Å². The van der Waals surface area contributed by atoms with Crippen molar-refractivity contribution in [1.82, 2.24) is 24.3 Å². The lowest BCUT2D eigenvalue weighted by molar-refractivity contribution is -0.147. The van der Waals surface area contributed by atoms with Crippen molar-refractivity contribution < 1.29 is 24.2 Å². The molecule has 0 radical (unpaired) electrons. The number of carboxylic acid groups (broad SMARTS) is 1. The number of hydrogen-bond acceptors (Lipinski definition) is 8. The number of aliphatic carboxylic acids is 1. The number of imide groups is 1. The van der Waals surface area contributed by atoms with Crippen LogP contribution in [0.5, 0.6) is 0 Å². The molecule has 1 unspecified atom stereocenters. The first kappa shape index (κ1) is 28.5. The highest BCUT2D eigenvalue weighted by Crippen LogP contribution is 2.24. The molecule has 5 rings (SSSR count). The van der Waals surface area contributed by atoms with E-state index in [1.54, 1.807) is 11.6 Å². The number of ether oxygens (including phenoxy) is 1. The summed E-state index contributed by atoms with van der Waals surface area (Å²) in [5.41, 5.74) is 8.19. The monoisotopic (exact) mass is 556 g/mol. The smallest absolute Gasteiger partial charge is 0.329 e. The van der Waals surface area contributed by atoms with Gasteiger partial charge in [-0.2, -0.15) is 0 Å². The summed E-state index contributed by atoms with van der Waals surface area (Å²) in [6.07, 6.45) is 5.05. The summed E-state index contributed by atoms with van der Waals surface area (Å²) in [5, 5.41) is 12.2. The Labute approximate surface area is 233 Å². The second kappa shape index (κ2) is 12.2. The Morgan fingerprint density at radius 3 is 2.67 bits per heavy atom. The molecule has 1 aromatic heterocycles. The van der Waals surface area contributed by atoms with Gasteiger partial charge in [-0.05, 0) is 62.8 Å². The summed E-state index contributed by atoms with van der Waals surface area (Å²) >= 11 is 0. The molecule has 12 nitrogen and oxygen atoms in total. The van der Waals surface area contributed by atoms with E-state index in [2.05, 4.69) is 10.2 Å². The third-order valence-corrected chi connectivity index (χ3v) is 8.57. The van der Waals surface area contributed by atoms with Crippen LogP contribution >= 0.6 is 0 Å². The number of unbranched alkanes of at least 4 members (excludes halogenated alkanes) is 1. The van der Waals surface area contributed by atoms with Crippen molar-refractivity contribution in [2.24, 2.45) is 12.8 Å². The topological polar surface area (TPSA) is 152 Å². The van der Waals surface area contributed by atoms with Gasteiger partial charge in [0, 0.05) is 45.7 Å². The number of nitrogens with one attached hydrogen (secondary N) is 1. The van der Waals surface area contributed by atoms with Gasteiger partial charge in [-0.25, -0.2) is 4.79 Å². The van der Waals surface area contributed by atoms with Crippen LogP contribution in [0, 0.1) is 0 Å². The second-order valence-corrected chi connectivity index (χ2v) is 11.4. The molecule has 0 bridgehead atoms. The van der Waals surface area contributed by atoms with Crippen molar-refractivity contribution in [3.05, 3.63) is 34.2 Å². The number of nitrogens with zero attached hydrogens (tertiary/aromatic N) is 4. The molecule has 4 heterocycles. The largest absolute Gasteiger partial charge is 0.480 e. The lowest BCUT2D eigenvalue weighted by Gasteiger charge is -2.41. The van der Waals surface area contributed by atoms with Crippen LogP contribution in [0.25, 0.3) is 11.0 Å². The number of carboxylic acids is 1. The zero-order valence-electron chi connectivity index (χ0n) is 23.1. The number of carbonyl (C=O) groups is 3. The quantitative estimate of drug-likeness (QED) is 0.291. The van der Waals surface area contributed by atoms with Gasteiger partial charge in [0.1, 0.15) is 12.1 Å². The number of aryl methyl sites for hydroxylation is 2. The predicted octanol–water partition coefficient (Wildman–Crippen LogP) is 0.218. The first-order chi connectivity index (χ1) is 19.2. The minimum atomic E-state index is -0.791. The van der Waals surface area contributed by atoms with Gasteiger partial charge in [-0.15, -0.1) is 0 Å². The Morgan fingerprint density at radius 2 is 1.95 bits per heavy atom. The highest BCUT2D eigenvalue weighted by Gasteiger charge is 2.34. The molecule has 3 saturated heterocycles. The minimum Gasteiger partial charge on any atom is -0.480 e. The molecule has 3 aliphatic heterocycles. The van der Waals surface area contributed by atoms with Gasteiger partial charge in [0.15, 0.2) is 0 Å². The number of amides is 2. The molecule has 1 aromatic carbocycles. The Morgan fingerprint density at radius 1 is 1.12 bits per heavy atom. The van der Waals surface area contributed by atoms with Crippen LogP contribution in [0.3, 0.4) is 0 Å². The SMILES string of the molecule is Cn1c(=O)n(C2CCC(=O)NC2=O)c2ccc(CCCCN3CCN(C[C@@H]4CC[C@@H](N)CO4)[C@H](C(=O)O)C3)cc21. The Kier molecular flexibility index (Phi) is 8.69. The van der Waals surface area contributed by atoms with E-state index in [0.29, 0.717) is 38.2 Å². The van der Waals surface area contributed by atoms with Gasteiger partial charge in [-0.1, -0.05) is 6.07 Å². The molecule has 218 valence electrons. The average molecular weight is 557 g/mol. The first-order valence-electron chi connectivity index (χ1n) is 14.3. The van der Waals surface area contributed by atoms with E-state index in [-0.39, 0.29) is 30.2 Å². The standard InChI is InChI=1S/C28H40N6O6/c1-31-23-14-18(5-8-21(23)34(28(31)39)22-9-10-25(35)30-26(22)36)4-2-3-11-32-12-13-33(24(16-32)27(37)38)15-20-7-6-19(29)17-40-20/h5,8,14,19-20,22,24H,2-4,6-7,9-13,15-17,29H2,1H3,(H,37,38)(H,30,35,36)/t19-,20+,22?,24+/m1/s1. The molecule has 2 amide bonds. The number of hydrogen-bond donors (Lipinski definition) is 3. The Bertz CT molecular complexity index is 1310. The van der Waals surface area contributed by atoms with E-state index in [1.807, 2.05) is 23.1 Å². The van der Waals surface area contributed by atoms with Crippen molar-refractivity contribution in [3.8, 4) is 0 Å². The first-order valence-corrected chi connectivity index (χ1v) is 14.3. The zero-order chi connectivity index (χ0) is 28.4. The molecule has 4 N–H and O–H groups in total. The summed E-state index contributed by atoms with van der Waals surface area (Å²) in [4.78, 5) is 53.2. The number of benzene rings is 1. The number of carbonyl (C=O) groups excluding carboxylic acids is 2. The Hall–Kier alpha value is -3.06. The van der Waals surface area contributed by atoms with E-state index in [9.17, 15) is 24.3 Å². The lowest BCUT2D eigenvalue weighted by atomic mass is 10.0. The predicted molar refractivity (Wildman–Crippen MR) is 148 cm³/mol. The molecule has 4 atom stereocenters. The Balaban J connectivity index is 1.14. The fourth-order valence-electron chi connectivity index (χ4n) is 6.22. The number of piperidine rings is 1. The molecular weight excluding hydrogens is 516 g/mol. The molecule has 12 heteroatoms. The van der Waals surface area contributed by atoms with Gasteiger partial charge in [-0.3, -0.25) is 38.6 Å². The average Bonchev–Trinajstić information content (AvgIpc) is 3.17. The second-order valence-electron chi connectivity index (χ2n) is 11.4. The maximum absolute atomic E-state index is 13.0.